The van der Waals surface area contributed by atoms with Crippen molar-refractivity contribution in [1.82, 2.24) is 10.2 Å². The smallest absolute Gasteiger partial charge is 0.407 e. The van der Waals surface area contributed by atoms with Crippen LogP contribution in [0.5, 0.6) is 0 Å². The Balaban J connectivity index is 1.87. The maximum Gasteiger partial charge on any atom is 0.407 e. The van der Waals surface area contributed by atoms with E-state index < -0.39 is 17.5 Å². The Labute approximate surface area is 142 Å². The highest BCUT2D eigenvalue weighted by Gasteiger charge is 2.41. The molecular formula is C18H24N2O4. The van der Waals surface area contributed by atoms with Gasteiger partial charge in [0.2, 0.25) is 0 Å². The van der Waals surface area contributed by atoms with Crippen LogP contribution in [0.4, 0.5) is 4.79 Å². The molecule has 1 aromatic carbocycles. The van der Waals surface area contributed by atoms with E-state index in [1.165, 1.54) is 11.6 Å². The molecule has 1 aromatic rings. The minimum Gasteiger partial charge on any atom is -0.481 e. The minimum atomic E-state index is -0.930. The number of hydrogen-bond acceptors (Lipinski definition) is 4. The van der Waals surface area contributed by atoms with Gasteiger partial charge in [-0.15, -0.1) is 0 Å². The number of ether oxygens (including phenoxy) is 1. The number of aliphatic carboxylic acids is 1. The molecule has 2 rings (SSSR count). The van der Waals surface area contributed by atoms with E-state index >= 15 is 0 Å². The lowest BCUT2D eigenvalue weighted by molar-refractivity contribution is -0.151. The van der Waals surface area contributed by atoms with E-state index in [9.17, 15) is 14.7 Å². The van der Waals surface area contributed by atoms with Gasteiger partial charge in [0.05, 0.1) is 5.41 Å². The third kappa shape index (κ3) is 4.83. The first-order chi connectivity index (χ1) is 11.6. The fourth-order valence-corrected chi connectivity index (χ4v) is 2.87. The molecule has 0 saturated carbocycles. The molecule has 2 N–H and O–H groups in total. The van der Waals surface area contributed by atoms with Gasteiger partial charge in [-0.25, -0.2) is 4.79 Å². The van der Waals surface area contributed by atoms with E-state index in [4.69, 9.17) is 4.74 Å². The van der Waals surface area contributed by atoms with E-state index in [-0.39, 0.29) is 13.2 Å². The van der Waals surface area contributed by atoms with E-state index in [0.29, 0.717) is 25.9 Å². The second-order valence-electron chi connectivity index (χ2n) is 6.09. The molecule has 1 heterocycles. The number of piperidine rings is 1. The summed E-state index contributed by atoms with van der Waals surface area (Å²) in [7, 11) is 0. The summed E-state index contributed by atoms with van der Waals surface area (Å²) in [4.78, 5) is 25.5. The van der Waals surface area contributed by atoms with Crippen LogP contribution in [-0.2, 0) is 16.1 Å². The zero-order valence-corrected chi connectivity index (χ0v) is 13.7. The van der Waals surface area contributed by atoms with E-state index in [1.807, 2.05) is 18.2 Å². The van der Waals surface area contributed by atoms with Crippen molar-refractivity contribution in [3.8, 4) is 0 Å². The van der Waals surface area contributed by atoms with E-state index in [1.54, 1.807) is 0 Å². The minimum absolute atomic E-state index is 0.0808. The number of nitrogens with zero attached hydrogens (tertiary/aromatic N) is 1. The molecule has 1 amide bonds. The lowest BCUT2D eigenvalue weighted by atomic mass is 9.78. The lowest BCUT2D eigenvalue weighted by Gasteiger charge is -2.38. The third-order valence-electron chi connectivity index (χ3n) is 4.42. The molecule has 0 bridgehead atoms. The van der Waals surface area contributed by atoms with Crippen LogP contribution >= 0.6 is 0 Å². The molecule has 130 valence electrons. The first kappa shape index (κ1) is 18.0. The number of nitrogens with one attached hydrogen (secondary N) is 1. The normalized spacial score (nSPS) is 17.0. The Hall–Kier alpha value is -2.34. The van der Waals surface area contributed by atoms with Crippen LogP contribution in [0.1, 0.15) is 18.4 Å². The molecule has 0 aliphatic carbocycles. The molecular weight excluding hydrogens is 308 g/mol. The number of alkyl carbamates (subject to hydrolysis) is 1. The summed E-state index contributed by atoms with van der Waals surface area (Å²) in [6, 6.07) is 10.1. The first-order valence-electron chi connectivity index (χ1n) is 8.07. The monoisotopic (exact) mass is 332 g/mol. The van der Waals surface area contributed by atoms with Crippen LogP contribution in [0, 0.1) is 5.41 Å². The average molecular weight is 332 g/mol. The number of benzene rings is 1. The second-order valence-corrected chi connectivity index (χ2v) is 6.09. The quantitative estimate of drug-likeness (QED) is 0.749. The van der Waals surface area contributed by atoms with Gasteiger partial charge in [-0.3, -0.25) is 9.69 Å². The Morgan fingerprint density at radius 1 is 1.29 bits per heavy atom. The second kappa shape index (κ2) is 8.49. The number of carbonyl (C=O) groups is 2. The van der Waals surface area contributed by atoms with Crippen LogP contribution in [0.2, 0.25) is 0 Å². The third-order valence-corrected chi connectivity index (χ3v) is 4.42. The van der Waals surface area contributed by atoms with Gasteiger partial charge < -0.3 is 15.2 Å². The van der Waals surface area contributed by atoms with Gasteiger partial charge >= 0.3 is 12.1 Å². The first-order valence-corrected chi connectivity index (χ1v) is 8.07. The Kier molecular flexibility index (Phi) is 6.37. The molecule has 1 aliphatic rings. The molecule has 0 spiro atoms. The fraction of sp³-hybridized carbons (Fsp3) is 0.444. The number of amides is 1. The molecule has 0 aromatic heterocycles. The number of hydrogen-bond donors (Lipinski definition) is 2. The van der Waals surface area contributed by atoms with Crippen LogP contribution in [-0.4, -0.2) is 48.3 Å². The summed E-state index contributed by atoms with van der Waals surface area (Å²) in [5.74, 6) is -0.870. The summed E-state index contributed by atoms with van der Waals surface area (Å²) >= 11 is 0. The summed E-state index contributed by atoms with van der Waals surface area (Å²) < 4.78 is 4.84. The number of carboxylic acids is 1. The largest absolute Gasteiger partial charge is 0.481 e. The van der Waals surface area contributed by atoms with Gasteiger partial charge in [0, 0.05) is 13.1 Å². The summed E-state index contributed by atoms with van der Waals surface area (Å²) in [6.45, 7) is 5.83. The van der Waals surface area contributed by atoms with E-state index in [2.05, 4.69) is 28.9 Å². The molecule has 0 radical (unpaired) electrons. The van der Waals surface area contributed by atoms with Crippen molar-refractivity contribution in [2.45, 2.75) is 19.4 Å². The zero-order valence-electron chi connectivity index (χ0n) is 13.7. The Morgan fingerprint density at radius 3 is 2.54 bits per heavy atom. The molecule has 0 atom stereocenters. The molecule has 6 nitrogen and oxygen atoms in total. The van der Waals surface area contributed by atoms with Gasteiger partial charge in [0.1, 0.15) is 6.61 Å². The van der Waals surface area contributed by atoms with Crippen molar-refractivity contribution in [2.75, 3.05) is 26.2 Å². The number of rotatable bonds is 7. The van der Waals surface area contributed by atoms with Crippen molar-refractivity contribution < 1.29 is 19.4 Å². The molecule has 24 heavy (non-hydrogen) atoms. The van der Waals surface area contributed by atoms with Crippen molar-refractivity contribution in [3.63, 3.8) is 0 Å². The molecule has 1 saturated heterocycles. The number of carboxylic acid groups (broad SMARTS) is 1. The summed E-state index contributed by atoms with van der Waals surface area (Å²) in [5.41, 5.74) is 0.284. The van der Waals surface area contributed by atoms with Gasteiger partial charge in [-0.2, -0.15) is 0 Å². The summed E-state index contributed by atoms with van der Waals surface area (Å²) in [5, 5.41) is 12.2. The Bertz CT molecular complexity index is 566. The zero-order chi connectivity index (χ0) is 17.4. The average Bonchev–Trinajstić information content (AvgIpc) is 2.60. The molecule has 6 heteroatoms. The topological polar surface area (TPSA) is 78.9 Å². The molecule has 1 fully saturated rings. The molecule has 0 unspecified atom stereocenters. The highest BCUT2D eigenvalue weighted by molar-refractivity contribution is 5.76. The van der Waals surface area contributed by atoms with Crippen molar-refractivity contribution in [1.29, 1.82) is 0 Å². The van der Waals surface area contributed by atoms with Crippen LogP contribution < -0.4 is 5.32 Å². The van der Waals surface area contributed by atoms with Gasteiger partial charge in [-0.1, -0.05) is 43.0 Å². The lowest BCUT2D eigenvalue weighted by Crippen LogP contribution is -2.50. The van der Waals surface area contributed by atoms with Gasteiger partial charge in [-0.05, 0) is 31.5 Å². The maximum absolute atomic E-state index is 11.7. The number of carbonyl (C=O) groups excluding carboxylic acids is 1. The SMILES string of the molecule is C=CCOC(=O)NCC1(C(=O)O)CCN(Cc2ccccc2)CC1. The van der Waals surface area contributed by atoms with Crippen molar-refractivity contribution >= 4 is 12.1 Å². The number of likely N-dealkylation sites (tertiary alicyclic amines) is 1. The summed E-state index contributed by atoms with van der Waals surface area (Å²) in [6.07, 6.45) is 1.85. The fourth-order valence-electron chi connectivity index (χ4n) is 2.87. The van der Waals surface area contributed by atoms with Crippen LogP contribution in [0.3, 0.4) is 0 Å². The highest BCUT2D eigenvalue weighted by Crippen LogP contribution is 2.32. The van der Waals surface area contributed by atoms with Gasteiger partial charge in [0.25, 0.3) is 0 Å². The van der Waals surface area contributed by atoms with E-state index in [0.717, 1.165) is 6.54 Å². The van der Waals surface area contributed by atoms with Crippen LogP contribution in [0.25, 0.3) is 0 Å². The van der Waals surface area contributed by atoms with Gasteiger partial charge in [0.15, 0.2) is 0 Å². The highest BCUT2D eigenvalue weighted by atomic mass is 16.5. The molecule has 1 aliphatic heterocycles. The maximum atomic E-state index is 11.7. The standard InChI is InChI=1S/C18H24N2O4/c1-2-12-24-17(23)19-14-18(16(21)22)8-10-20(11-9-18)13-15-6-4-3-5-7-15/h2-7H,1,8-14H2,(H,19,23)(H,21,22). The van der Waals surface area contributed by atoms with Crippen molar-refractivity contribution in [3.05, 3.63) is 48.6 Å². The van der Waals surface area contributed by atoms with Crippen molar-refractivity contribution in [2.24, 2.45) is 5.41 Å². The predicted octanol–water partition coefficient (Wildman–Crippen LogP) is 2.27. The van der Waals surface area contributed by atoms with Crippen LogP contribution in [0.15, 0.2) is 43.0 Å². The Morgan fingerprint density at radius 2 is 1.96 bits per heavy atom. The predicted molar refractivity (Wildman–Crippen MR) is 90.6 cm³/mol.